The highest BCUT2D eigenvalue weighted by atomic mass is 35.5. The summed E-state index contributed by atoms with van der Waals surface area (Å²) in [5.41, 5.74) is 4.97. The van der Waals surface area contributed by atoms with Gasteiger partial charge >= 0.3 is 0 Å². The maximum Gasteiger partial charge on any atom is 0.260 e. The number of hydrogen-bond acceptors (Lipinski definition) is 8. The maximum absolute atomic E-state index is 15.4. The van der Waals surface area contributed by atoms with E-state index in [0.717, 1.165) is 16.1 Å². The van der Waals surface area contributed by atoms with Crippen molar-refractivity contribution in [1.82, 2.24) is 5.01 Å². The van der Waals surface area contributed by atoms with Crippen molar-refractivity contribution < 1.29 is 33.8 Å². The summed E-state index contributed by atoms with van der Waals surface area (Å²) < 4.78 is 10.8. The van der Waals surface area contributed by atoms with Gasteiger partial charge in [-0.3, -0.25) is 24.6 Å². The Hall–Kier alpha value is -5.29. The van der Waals surface area contributed by atoms with Crippen molar-refractivity contribution in [2.24, 2.45) is 29.6 Å². The van der Waals surface area contributed by atoms with E-state index in [4.69, 9.17) is 44.3 Å². The van der Waals surface area contributed by atoms with Crippen molar-refractivity contribution in [2.45, 2.75) is 25.2 Å². The van der Waals surface area contributed by atoms with Crippen LogP contribution in [0.1, 0.15) is 29.5 Å². The number of aryl methyl sites for hydroxylation is 1. The van der Waals surface area contributed by atoms with Crippen molar-refractivity contribution in [3.05, 3.63) is 128 Å². The van der Waals surface area contributed by atoms with Crippen molar-refractivity contribution in [1.29, 1.82) is 0 Å². The average Bonchev–Trinajstić information content (AvgIpc) is 3.57. The topological polar surface area (TPSA) is 125 Å². The molecule has 4 aromatic carbocycles. The van der Waals surface area contributed by atoms with Crippen LogP contribution < -0.4 is 19.8 Å². The summed E-state index contributed by atoms with van der Waals surface area (Å²) in [6.07, 6.45) is 6.03. The summed E-state index contributed by atoms with van der Waals surface area (Å²) in [6, 6.07) is 21.8. The molecule has 0 spiro atoms. The molecule has 4 aliphatic rings. The minimum Gasteiger partial charge on any atom is -0.504 e. The molecule has 0 radical (unpaired) electrons. The molecule has 56 heavy (non-hydrogen) atoms. The lowest BCUT2D eigenvalue weighted by Gasteiger charge is -2.49. The van der Waals surface area contributed by atoms with E-state index < -0.39 is 46.8 Å². The molecule has 286 valence electrons. The first-order valence-corrected chi connectivity index (χ1v) is 19.2. The number of allylic oxidation sites excluding steroid dienone is 3. The molecule has 8 rings (SSSR count). The van der Waals surface area contributed by atoms with Gasteiger partial charge in [-0.15, -0.1) is 0 Å². The number of halogens is 3. The van der Waals surface area contributed by atoms with Gasteiger partial charge in [-0.2, -0.15) is 5.01 Å². The second-order valence-electron chi connectivity index (χ2n) is 14.5. The summed E-state index contributed by atoms with van der Waals surface area (Å²) in [4.78, 5) is 60.2. The van der Waals surface area contributed by atoms with Gasteiger partial charge in [-0.05, 0) is 97.0 Å². The van der Waals surface area contributed by atoms with E-state index in [-0.39, 0.29) is 41.2 Å². The number of ether oxygens (including phenoxy) is 2. The molecule has 0 unspecified atom stereocenters. The van der Waals surface area contributed by atoms with E-state index in [2.05, 4.69) is 5.43 Å². The van der Waals surface area contributed by atoms with Crippen LogP contribution in [-0.2, 0) is 24.6 Å². The number of hydrazine groups is 1. The number of benzene rings is 4. The van der Waals surface area contributed by atoms with Crippen molar-refractivity contribution in [3.63, 3.8) is 0 Å². The number of nitrogens with one attached hydrogen (secondary N) is 1. The number of imide groups is 2. The standard InChI is InChI=1S/C43H36Cl3N3O7/c1-22-4-10-26(20-33(22)45)48-39(51)29-14-13-28-30(38(29)41(48)53)21-32-40(52)49(47-35-16-9-25(44)19-34(35)46)42(54)43(32,24-7-11-27(55-2)12-8-24)31(28)15-5-23-6-17-36(50)37(18-23)56-3/h4-13,15-20,29-32,38,47,50H,14,21H2,1-3H3/t29-,30+,31-,32-,38-,43-/m0/s1. The number of phenolic OH excluding ortho intramolecular Hbond substituents is 1. The predicted molar refractivity (Wildman–Crippen MR) is 214 cm³/mol. The van der Waals surface area contributed by atoms with E-state index in [1.54, 1.807) is 73.8 Å². The molecule has 4 aromatic rings. The number of fused-ring (bicyclic) bond motifs is 4. The first-order valence-electron chi connectivity index (χ1n) is 18.0. The summed E-state index contributed by atoms with van der Waals surface area (Å²) in [6.45, 7) is 1.84. The van der Waals surface area contributed by atoms with Crippen molar-refractivity contribution in [3.8, 4) is 17.2 Å². The molecule has 2 N–H and O–H groups in total. The Morgan fingerprint density at radius 2 is 1.61 bits per heavy atom. The van der Waals surface area contributed by atoms with E-state index >= 15 is 4.79 Å². The molecule has 0 aromatic heterocycles. The minimum atomic E-state index is -1.52. The molecular weight excluding hydrogens is 777 g/mol. The van der Waals surface area contributed by atoms with Crippen LogP contribution in [0.4, 0.5) is 11.4 Å². The number of rotatable bonds is 8. The van der Waals surface area contributed by atoms with Gasteiger partial charge in [0.1, 0.15) is 5.75 Å². The summed E-state index contributed by atoms with van der Waals surface area (Å²) in [7, 11) is 2.99. The number of phenols is 1. The van der Waals surface area contributed by atoms with Crippen molar-refractivity contribution in [2.75, 3.05) is 24.5 Å². The zero-order valence-corrected chi connectivity index (χ0v) is 32.7. The molecule has 10 nitrogen and oxygen atoms in total. The summed E-state index contributed by atoms with van der Waals surface area (Å²) >= 11 is 19.2. The Morgan fingerprint density at radius 3 is 2.30 bits per heavy atom. The van der Waals surface area contributed by atoms with Crippen molar-refractivity contribution >= 4 is 75.9 Å². The molecule has 2 aliphatic carbocycles. The highest BCUT2D eigenvalue weighted by molar-refractivity contribution is 6.36. The monoisotopic (exact) mass is 811 g/mol. The first kappa shape index (κ1) is 37.6. The highest BCUT2D eigenvalue weighted by Crippen LogP contribution is 2.62. The molecule has 2 heterocycles. The van der Waals surface area contributed by atoms with Crippen LogP contribution >= 0.6 is 34.8 Å². The smallest absolute Gasteiger partial charge is 0.260 e. The SMILES string of the molecule is COc1ccc([C@@]23C(=O)N(Nc4ccc(Cl)cc4Cl)C(=O)[C@@H]2C[C@@H]2C(=CC[C@@H]4C(=O)N(c5ccc(C)c(Cl)c5)C(=O)[C@@H]42)[C@@H]3C=Cc2ccc(O)c(OC)c2)cc1. The van der Waals surface area contributed by atoms with Crippen LogP contribution in [0.15, 0.2) is 96.6 Å². The lowest BCUT2D eigenvalue weighted by molar-refractivity contribution is -0.139. The lowest BCUT2D eigenvalue weighted by atomic mass is 9.50. The quantitative estimate of drug-likeness (QED) is 0.134. The Balaban J connectivity index is 1.31. The van der Waals surface area contributed by atoms with Crippen LogP contribution in [0, 0.1) is 36.5 Å². The molecular formula is C43H36Cl3N3O7. The number of hydrogen-bond donors (Lipinski definition) is 2. The Bertz CT molecular complexity index is 2380. The van der Waals surface area contributed by atoms with Gasteiger partial charge in [0.2, 0.25) is 11.8 Å². The van der Waals surface area contributed by atoms with Crippen LogP contribution in [-0.4, -0.2) is 48.0 Å². The Morgan fingerprint density at radius 1 is 0.839 bits per heavy atom. The molecule has 6 atom stereocenters. The maximum atomic E-state index is 15.4. The van der Waals surface area contributed by atoms with Gasteiger partial charge < -0.3 is 14.6 Å². The molecule has 0 bridgehead atoms. The van der Waals surface area contributed by atoms with Gasteiger partial charge in [-0.25, -0.2) is 4.90 Å². The molecule has 4 amide bonds. The highest BCUT2D eigenvalue weighted by Gasteiger charge is 2.69. The molecule has 2 aliphatic heterocycles. The number of methoxy groups -OCH3 is 2. The fourth-order valence-electron chi connectivity index (χ4n) is 9.07. The number of nitrogens with zero attached hydrogens (tertiary/aromatic N) is 2. The van der Waals surface area contributed by atoms with E-state index in [1.807, 2.05) is 25.2 Å². The zero-order chi connectivity index (χ0) is 39.6. The van der Waals surface area contributed by atoms with Crippen LogP contribution in [0.25, 0.3) is 6.08 Å². The van der Waals surface area contributed by atoms with Gasteiger partial charge in [0.15, 0.2) is 11.5 Å². The third kappa shape index (κ3) is 5.85. The van der Waals surface area contributed by atoms with Crippen LogP contribution in [0.3, 0.4) is 0 Å². The number of carbonyl (C=O) groups excluding carboxylic acids is 4. The minimum absolute atomic E-state index is 0.0406. The summed E-state index contributed by atoms with van der Waals surface area (Å²) in [5.74, 6) is -4.79. The fourth-order valence-corrected chi connectivity index (χ4v) is 9.70. The van der Waals surface area contributed by atoms with Gasteiger partial charge in [0.25, 0.3) is 11.8 Å². The van der Waals surface area contributed by atoms with Crippen LogP contribution in [0.5, 0.6) is 17.2 Å². The third-order valence-electron chi connectivity index (χ3n) is 11.7. The number of anilines is 2. The largest absolute Gasteiger partial charge is 0.504 e. The molecule has 13 heteroatoms. The van der Waals surface area contributed by atoms with Gasteiger partial charge in [-0.1, -0.05) is 82.9 Å². The molecule has 2 saturated heterocycles. The molecule has 1 saturated carbocycles. The second-order valence-corrected chi connectivity index (χ2v) is 15.7. The Labute approximate surface area is 338 Å². The number of carbonyl (C=O) groups is 4. The number of amides is 4. The normalized spacial score (nSPS) is 25.6. The van der Waals surface area contributed by atoms with Crippen LogP contribution in [0.2, 0.25) is 15.1 Å². The predicted octanol–water partition coefficient (Wildman–Crippen LogP) is 8.41. The van der Waals surface area contributed by atoms with E-state index in [1.165, 1.54) is 24.1 Å². The summed E-state index contributed by atoms with van der Waals surface area (Å²) in [5, 5.41) is 12.4. The second kappa shape index (κ2) is 14.3. The average molecular weight is 813 g/mol. The number of aromatic hydroxyl groups is 1. The Kier molecular flexibility index (Phi) is 9.63. The lowest BCUT2D eigenvalue weighted by Crippen LogP contribution is -2.54. The van der Waals surface area contributed by atoms with Gasteiger partial charge in [0.05, 0.1) is 53.8 Å². The fraction of sp³-hybridized carbons (Fsp3) is 0.256. The first-order chi connectivity index (χ1) is 26.9. The third-order valence-corrected chi connectivity index (χ3v) is 12.7. The van der Waals surface area contributed by atoms with E-state index in [0.29, 0.717) is 38.3 Å². The zero-order valence-electron chi connectivity index (χ0n) is 30.5. The van der Waals surface area contributed by atoms with Gasteiger partial charge in [0, 0.05) is 16.0 Å². The molecule has 3 fully saturated rings. The van der Waals surface area contributed by atoms with E-state index in [9.17, 15) is 19.5 Å².